The maximum atomic E-state index is 13.8. The van der Waals surface area contributed by atoms with E-state index in [4.69, 9.17) is 0 Å². The first-order valence-corrected chi connectivity index (χ1v) is 9.62. The Morgan fingerprint density at radius 2 is 1.50 bits per heavy atom. The molecule has 0 saturated heterocycles. The van der Waals surface area contributed by atoms with E-state index in [1.165, 1.54) is 0 Å². The number of para-hydroxylation sites is 1. The van der Waals surface area contributed by atoms with Gasteiger partial charge in [-0.2, -0.15) is 0 Å². The molecule has 2 rings (SSSR count). The summed E-state index contributed by atoms with van der Waals surface area (Å²) in [7, 11) is -2.58. The Morgan fingerprint density at radius 1 is 0.909 bits per heavy atom. The molecule has 2 aromatic carbocycles. The SMILES string of the molecule is Cc1ccc(-c2ccccc2O)c(P(=O)(C(C)C)C(C)C)c1. The van der Waals surface area contributed by atoms with E-state index >= 15 is 0 Å². The standard InChI is InChI=1S/C19H25O2P/c1-13(2)22(21,14(3)4)19-12-15(5)10-11-17(19)16-8-6-7-9-18(16)20/h6-14,20H,1-5H3. The third kappa shape index (κ3) is 2.85. The fraction of sp³-hybridized carbons (Fsp3) is 0.368. The third-order valence-electron chi connectivity index (χ3n) is 4.26. The molecule has 2 aromatic rings. The minimum atomic E-state index is -2.58. The van der Waals surface area contributed by atoms with E-state index in [1.807, 2.05) is 65.0 Å². The van der Waals surface area contributed by atoms with E-state index < -0.39 is 7.14 Å². The van der Waals surface area contributed by atoms with Crippen LogP contribution in [0.5, 0.6) is 5.75 Å². The molecule has 118 valence electrons. The molecule has 0 unspecified atom stereocenters. The van der Waals surface area contributed by atoms with Crippen molar-refractivity contribution in [1.82, 2.24) is 0 Å². The zero-order valence-corrected chi connectivity index (χ0v) is 14.9. The fourth-order valence-electron chi connectivity index (χ4n) is 3.01. The zero-order chi connectivity index (χ0) is 16.5. The van der Waals surface area contributed by atoms with Crippen molar-refractivity contribution in [3.63, 3.8) is 0 Å². The lowest BCUT2D eigenvalue weighted by atomic mass is 10.0. The summed E-state index contributed by atoms with van der Waals surface area (Å²) >= 11 is 0. The molecular formula is C19H25O2P. The minimum absolute atomic E-state index is 0.0684. The van der Waals surface area contributed by atoms with Crippen LogP contribution in [0.2, 0.25) is 0 Å². The van der Waals surface area contributed by atoms with Crippen LogP contribution in [0.4, 0.5) is 0 Å². The van der Waals surface area contributed by atoms with Gasteiger partial charge in [0.15, 0.2) is 0 Å². The summed E-state index contributed by atoms with van der Waals surface area (Å²) in [6.45, 7) is 10.1. The largest absolute Gasteiger partial charge is 0.507 e. The molecule has 0 aliphatic rings. The van der Waals surface area contributed by atoms with Gasteiger partial charge in [-0.05, 0) is 24.6 Å². The van der Waals surface area contributed by atoms with Crippen molar-refractivity contribution in [2.75, 3.05) is 0 Å². The van der Waals surface area contributed by atoms with Crippen molar-refractivity contribution in [2.45, 2.75) is 45.9 Å². The van der Waals surface area contributed by atoms with Gasteiger partial charge in [-0.25, -0.2) is 0 Å². The topological polar surface area (TPSA) is 37.3 Å². The van der Waals surface area contributed by atoms with Crippen molar-refractivity contribution >= 4 is 12.4 Å². The van der Waals surface area contributed by atoms with Gasteiger partial charge in [-0.15, -0.1) is 0 Å². The Hall–Kier alpha value is -1.53. The summed E-state index contributed by atoms with van der Waals surface area (Å²) < 4.78 is 13.8. The average molecular weight is 316 g/mol. The van der Waals surface area contributed by atoms with Crippen LogP contribution in [0.1, 0.15) is 33.3 Å². The average Bonchev–Trinajstić information content (AvgIpc) is 2.46. The molecule has 1 N–H and O–H groups in total. The molecule has 22 heavy (non-hydrogen) atoms. The Bertz CT molecular complexity index is 705. The Balaban J connectivity index is 2.79. The van der Waals surface area contributed by atoms with Gasteiger partial charge in [0, 0.05) is 22.2 Å². The van der Waals surface area contributed by atoms with Crippen molar-refractivity contribution < 1.29 is 9.67 Å². The molecule has 0 aliphatic carbocycles. The first-order valence-electron chi connectivity index (χ1n) is 7.77. The smallest absolute Gasteiger partial charge is 0.123 e. The normalized spacial score (nSPS) is 12.1. The Kier molecular flexibility index (Phi) is 4.82. The van der Waals surface area contributed by atoms with Gasteiger partial charge in [0.1, 0.15) is 12.9 Å². The molecule has 0 heterocycles. The molecule has 0 amide bonds. The molecule has 0 fully saturated rings. The van der Waals surface area contributed by atoms with Crippen LogP contribution >= 0.6 is 7.14 Å². The molecule has 0 bridgehead atoms. The predicted octanol–water partition coefficient (Wildman–Crippen LogP) is 5.17. The lowest BCUT2D eigenvalue weighted by molar-refractivity contribution is 0.477. The monoisotopic (exact) mass is 316 g/mol. The highest BCUT2D eigenvalue weighted by molar-refractivity contribution is 7.73. The molecule has 0 saturated carbocycles. The lowest BCUT2D eigenvalue weighted by Gasteiger charge is -2.29. The number of rotatable bonds is 4. The quantitative estimate of drug-likeness (QED) is 0.790. The first kappa shape index (κ1) is 16.8. The highest BCUT2D eigenvalue weighted by atomic mass is 31.2. The van der Waals surface area contributed by atoms with Crippen molar-refractivity contribution in [3.05, 3.63) is 48.0 Å². The van der Waals surface area contributed by atoms with Crippen LogP contribution in [0.25, 0.3) is 11.1 Å². The fourth-order valence-corrected chi connectivity index (χ4v) is 6.29. The first-order chi connectivity index (χ1) is 10.3. The second kappa shape index (κ2) is 6.30. The summed E-state index contributed by atoms with van der Waals surface area (Å²) in [5, 5.41) is 11.1. The number of aryl methyl sites for hydroxylation is 1. The minimum Gasteiger partial charge on any atom is -0.507 e. The second-order valence-electron chi connectivity index (χ2n) is 6.43. The molecule has 0 atom stereocenters. The summed E-state index contributed by atoms with van der Waals surface area (Å²) in [4.78, 5) is 0. The maximum Gasteiger partial charge on any atom is 0.123 e. The molecule has 2 nitrogen and oxygen atoms in total. The van der Waals surface area contributed by atoms with Gasteiger partial charge in [-0.1, -0.05) is 63.6 Å². The number of phenols is 1. The third-order valence-corrected chi connectivity index (χ3v) is 8.45. The van der Waals surface area contributed by atoms with Crippen LogP contribution in [0.15, 0.2) is 42.5 Å². The predicted molar refractivity (Wildman–Crippen MR) is 95.8 cm³/mol. The second-order valence-corrected chi connectivity index (χ2v) is 10.4. The van der Waals surface area contributed by atoms with Crippen molar-refractivity contribution in [2.24, 2.45) is 0 Å². The summed E-state index contributed by atoms with van der Waals surface area (Å²) in [5.74, 6) is 0.228. The van der Waals surface area contributed by atoms with Gasteiger partial charge in [0.25, 0.3) is 0 Å². The maximum absolute atomic E-state index is 13.8. The van der Waals surface area contributed by atoms with E-state index in [0.717, 1.165) is 22.0 Å². The van der Waals surface area contributed by atoms with E-state index in [0.29, 0.717) is 0 Å². The Labute approximate surface area is 133 Å². The Morgan fingerprint density at radius 3 is 2.05 bits per heavy atom. The van der Waals surface area contributed by atoms with Crippen LogP contribution in [-0.4, -0.2) is 16.4 Å². The number of hydrogen-bond acceptors (Lipinski definition) is 2. The molecule has 3 heteroatoms. The number of hydrogen-bond donors (Lipinski definition) is 1. The molecule has 0 radical (unpaired) electrons. The van der Waals surface area contributed by atoms with Crippen LogP contribution in [0.3, 0.4) is 0 Å². The van der Waals surface area contributed by atoms with Crippen molar-refractivity contribution in [3.8, 4) is 16.9 Å². The number of phenolic OH excluding ortho intramolecular Hbond substituents is 1. The highest BCUT2D eigenvalue weighted by Gasteiger charge is 2.35. The van der Waals surface area contributed by atoms with Gasteiger partial charge < -0.3 is 9.67 Å². The van der Waals surface area contributed by atoms with Crippen LogP contribution in [-0.2, 0) is 4.57 Å². The van der Waals surface area contributed by atoms with E-state index in [2.05, 4.69) is 0 Å². The summed E-state index contributed by atoms with van der Waals surface area (Å²) in [6, 6.07) is 13.3. The lowest BCUT2D eigenvalue weighted by Crippen LogP contribution is -2.22. The summed E-state index contributed by atoms with van der Waals surface area (Å²) in [6.07, 6.45) is 0. The van der Waals surface area contributed by atoms with Crippen molar-refractivity contribution in [1.29, 1.82) is 0 Å². The van der Waals surface area contributed by atoms with Gasteiger partial charge in [0.05, 0.1) is 0 Å². The number of benzene rings is 2. The van der Waals surface area contributed by atoms with Crippen LogP contribution in [0, 0.1) is 6.92 Å². The van der Waals surface area contributed by atoms with Gasteiger partial charge >= 0.3 is 0 Å². The van der Waals surface area contributed by atoms with E-state index in [-0.39, 0.29) is 17.1 Å². The van der Waals surface area contributed by atoms with E-state index in [1.54, 1.807) is 12.1 Å². The highest BCUT2D eigenvalue weighted by Crippen LogP contribution is 2.55. The molecule has 0 spiro atoms. The summed E-state index contributed by atoms with van der Waals surface area (Å²) in [5.41, 5.74) is 2.86. The molecule has 0 aliphatic heterocycles. The zero-order valence-electron chi connectivity index (χ0n) is 14.0. The molecular weight excluding hydrogens is 291 g/mol. The molecule has 0 aromatic heterocycles. The van der Waals surface area contributed by atoms with E-state index in [9.17, 15) is 9.67 Å². The van der Waals surface area contributed by atoms with Gasteiger partial charge in [-0.3, -0.25) is 0 Å². The van der Waals surface area contributed by atoms with Gasteiger partial charge in [0.2, 0.25) is 0 Å². The number of aromatic hydroxyl groups is 1. The van der Waals surface area contributed by atoms with Crippen LogP contribution < -0.4 is 5.30 Å².